The summed E-state index contributed by atoms with van der Waals surface area (Å²) in [6, 6.07) is 0.523. The summed E-state index contributed by atoms with van der Waals surface area (Å²) in [5, 5.41) is 0. The molecule has 0 amide bonds. The Morgan fingerprint density at radius 2 is 2.09 bits per heavy atom. The lowest BCUT2D eigenvalue weighted by atomic mass is 10.1. The van der Waals surface area contributed by atoms with Crippen LogP contribution < -0.4 is 0 Å². The summed E-state index contributed by atoms with van der Waals surface area (Å²) < 4.78 is 0. The molecule has 1 aliphatic rings. The van der Waals surface area contributed by atoms with E-state index in [1.54, 1.807) is 0 Å². The number of carbonyl (C=O) groups excluding carboxylic acids is 1. The van der Waals surface area contributed by atoms with Crippen LogP contribution in [0.1, 0.15) is 32.6 Å². The first-order valence-corrected chi connectivity index (χ1v) is 4.56. The zero-order chi connectivity index (χ0) is 8.10. The van der Waals surface area contributed by atoms with Gasteiger partial charge < -0.3 is 4.79 Å². The summed E-state index contributed by atoms with van der Waals surface area (Å²) in [6.07, 6.45) is 5.51. The van der Waals surface area contributed by atoms with Crippen LogP contribution in [0.2, 0.25) is 0 Å². The lowest BCUT2D eigenvalue weighted by Crippen LogP contribution is -2.32. The van der Waals surface area contributed by atoms with E-state index in [9.17, 15) is 4.79 Å². The van der Waals surface area contributed by atoms with Gasteiger partial charge in [-0.2, -0.15) is 0 Å². The lowest BCUT2D eigenvalue weighted by molar-refractivity contribution is -0.108. The van der Waals surface area contributed by atoms with Gasteiger partial charge in [-0.15, -0.1) is 0 Å². The number of rotatable bonds is 4. The van der Waals surface area contributed by atoms with Crippen molar-refractivity contribution in [1.29, 1.82) is 0 Å². The Hall–Kier alpha value is -0.370. The van der Waals surface area contributed by atoms with Crippen LogP contribution in [0.25, 0.3) is 0 Å². The molecule has 1 aliphatic heterocycles. The van der Waals surface area contributed by atoms with Gasteiger partial charge in [0.05, 0.1) is 0 Å². The van der Waals surface area contributed by atoms with E-state index in [0.29, 0.717) is 6.04 Å². The minimum Gasteiger partial charge on any atom is -0.303 e. The summed E-state index contributed by atoms with van der Waals surface area (Å²) in [7, 11) is 0. The maximum absolute atomic E-state index is 10.3. The molecule has 2 heteroatoms. The summed E-state index contributed by atoms with van der Waals surface area (Å²) in [6.45, 7) is 4.56. The molecule has 1 heterocycles. The van der Waals surface area contributed by atoms with Crippen LogP contribution in [0.4, 0.5) is 0 Å². The number of hydrogen-bond acceptors (Lipinski definition) is 2. The fourth-order valence-electron chi connectivity index (χ4n) is 1.79. The second-order valence-corrected chi connectivity index (χ2v) is 3.21. The Bertz CT molecular complexity index is 119. The fraction of sp³-hybridized carbons (Fsp3) is 0.889. The Kier molecular flexibility index (Phi) is 3.57. The molecule has 1 unspecified atom stereocenters. The van der Waals surface area contributed by atoms with E-state index in [-0.39, 0.29) is 0 Å². The van der Waals surface area contributed by atoms with Crippen LogP contribution in [0, 0.1) is 0 Å². The number of nitrogens with zero attached hydrogens (tertiary/aromatic N) is 1. The van der Waals surface area contributed by atoms with Crippen molar-refractivity contribution in [3.8, 4) is 0 Å². The molecule has 1 saturated heterocycles. The first-order valence-electron chi connectivity index (χ1n) is 4.56. The topological polar surface area (TPSA) is 20.3 Å². The third-order valence-corrected chi connectivity index (χ3v) is 2.50. The normalized spacial score (nSPS) is 21.9. The predicted octanol–water partition coefficient (Wildman–Crippen LogP) is 1.45. The Labute approximate surface area is 68.6 Å². The highest BCUT2D eigenvalue weighted by Crippen LogP contribution is 2.15. The smallest absolute Gasteiger partial charge is 0.121 e. The Balaban J connectivity index is 2.33. The highest BCUT2D eigenvalue weighted by atomic mass is 16.1. The van der Waals surface area contributed by atoms with E-state index in [1.807, 2.05) is 0 Å². The molecular formula is C9H17NO. The molecule has 11 heavy (non-hydrogen) atoms. The van der Waals surface area contributed by atoms with Gasteiger partial charge in [-0.05, 0) is 32.4 Å². The molecule has 0 aromatic rings. The zero-order valence-electron chi connectivity index (χ0n) is 7.25. The molecule has 64 valence electrons. The molecule has 0 aromatic carbocycles. The van der Waals surface area contributed by atoms with Gasteiger partial charge in [-0.3, -0.25) is 4.90 Å². The minimum atomic E-state index is 0.523. The summed E-state index contributed by atoms with van der Waals surface area (Å²) in [5.74, 6) is 0. The van der Waals surface area contributed by atoms with Crippen molar-refractivity contribution >= 4 is 6.29 Å². The predicted molar refractivity (Wildman–Crippen MR) is 45.6 cm³/mol. The molecule has 0 radical (unpaired) electrons. The van der Waals surface area contributed by atoms with Gasteiger partial charge in [-0.25, -0.2) is 0 Å². The van der Waals surface area contributed by atoms with E-state index in [1.165, 1.54) is 25.9 Å². The lowest BCUT2D eigenvalue weighted by Gasteiger charge is -2.24. The van der Waals surface area contributed by atoms with E-state index < -0.39 is 0 Å². The molecule has 0 aliphatic carbocycles. The second kappa shape index (κ2) is 4.50. The SMILES string of the molecule is CCC(CC=O)N1CCCC1. The van der Waals surface area contributed by atoms with E-state index in [4.69, 9.17) is 0 Å². The van der Waals surface area contributed by atoms with Crippen LogP contribution in [-0.2, 0) is 4.79 Å². The monoisotopic (exact) mass is 155 g/mol. The fourth-order valence-corrected chi connectivity index (χ4v) is 1.79. The third-order valence-electron chi connectivity index (χ3n) is 2.50. The maximum atomic E-state index is 10.3. The van der Waals surface area contributed by atoms with Crippen molar-refractivity contribution in [3.05, 3.63) is 0 Å². The molecular weight excluding hydrogens is 138 g/mol. The number of aldehydes is 1. The molecule has 2 nitrogen and oxygen atoms in total. The van der Waals surface area contributed by atoms with Crippen LogP contribution in [0.3, 0.4) is 0 Å². The summed E-state index contributed by atoms with van der Waals surface area (Å²) >= 11 is 0. The van der Waals surface area contributed by atoms with Gasteiger partial charge in [0.2, 0.25) is 0 Å². The van der Waals surface area contributed by atoms with E-state index >= 15 is 0 Å². The molecule has 0 saturated carbocycles. The molecule has 1 atom stereocenters. The van der Waals surface area contributed by atoms with Crippen molar-refractivity contribution in [2.24, 2.45) is 0 Å². The maximum Gasteiger partial charge on any atom is 0.121 e. The minimum absolute atomic E-state index is 0.523. The Morgan fingerprint density at radius 1 is 1.45 bits per heavy atom. The molecule has 1 rings (SSSR count). The number of hydrogen-bond donors (Lipinski definition) is 0. The molecule has 0 bridgehead atoms. The summed E-state index contributed by atoms with van der Waals surface area (Å²) in [5.41, 5.74) is 0. The van der Waals surface area contributed by atoms with E-state index in [2.05, 4.69) is 11.8 Å². The zero-order valence-corrected chi connectivity index (χ0v) is 7.25. The van der Waals surface area contributed by atoms with Crippen molar-refractivity contribution in [2.45, 2.75) is 38.6 Å². The average molecular weight is 155 g/mol. The summed E-state index contributed by atoms with van der Waals surface area (Å²) in [4.78, 5) is 12.7. The van der Waals surface area contributed by atoms with Gasteiger partial charge in [0.25, 0.3) is 0 Å². The van der Waals surface area contributed by atoms with Crippen molar-refractivity contribution in [3.63, 3.8) is 0 Å². The van der Waals surface area contributed by atoms with E-state index in [0.717, 1.165) is 19.1 Å². The van der Waals surface area contributed by atoms with Gasteiger partial charge in [-0.1, -0.05) is 6.92 Å². The largest absolute Gasteiger partial charge is 0.303 e. The third kappa shape index (κ3) is 2.29. The van der Waals surface area contributed by atoms with Gasteiger partial charge in [0, 0.05) is 12.5 Å². The molecule has 1 fully saturated rings. The number of carbonyl (C=O) groups is 1. The van der Waals surface area contributed by atoms with Gasteiger partial charge in [0.1, 0.15) is 6.29 Å². The van der Waals surface area contributed by atoms with Crippen molar-refractivity contribution < 1.29 is 4.79 Å². The standard InChI is InChI=1S/C9H17NO/c1-2-9(5-8-11)10-6-3-4-7-10/h8-9H,2-7H2,1H3. The highest BCUT2D eigenvalue weighted by Gasteiger charge is 2.19. The first-order chi connectivity index (χ1) is 5.38. The molecule has 0 spiro atoms. The van der Waals surface area contributed by atoms with Gasteiger partial charge in [0.15, 0.2) is 0 Å². The van der Waals surface area contributed by atoms with Crippen molar-refractivity contribution in [2.75, 3.05) is 13.1 Å². The van der Waals surface area contributed by atoms with Crippen molar-refractivity contribution in [1.82, 2.24) is 4.90 Å². The van der Waals surface area contributed by atoms with Crippen LogP contribution >= 0.6 is 0 Å². The Morgan fingerprint density at radius 3 is 2.55 bits per heavy atom. The second-order valence-electron chi connectivity index (χ2n) is 3.21. The van der Waals surface area contributed by atoms with Gasteiger partial charge >= 0.3 is 0 Å². The first kappa shape index (κ1) is 8.72. The van der Waals surface area contributed by atoms with Crippen LogP contribution in [0.15, 0.2) is 0 Å². The van der Waals surface area contributed by atoms with Crippen LogP contribution in [-0.4, -0.2) is 30.3 Å². The average Bonchev–Trinajstić information content (AvgIpc) is 2.52. The van der Waals surface area contributed by atoms with Crippen LogP contribution in [0.5, 0.6) is 0 Å². The number of likely N-dealkylation sites (tertiary alicyclic amines) is 1. The quantitative estimate of drug-likeness (QED) is 0.573. The highest BCUT2D eigenvalue weighted by molar-refractivity contribution is 5.50. The molecule has 0 N–H and O–H groups in total. The molecule has 0 aromatic heterocycles.